The van der Waals surface area contributed by atoms with Crippen LogP contribution < -0.4 is 5.73 Å². The second kappa shape index (κ2) is 4.90. The number of hydrogen-bond acceptors (Lipinski definition) is 3. The molecule has 0 amide bonds. The maximum Gasteiger partial charge on any atom is 0.0627 e. The van der Waals surface area contributed by atoms with Crippen LogP contribution in [-0.4, -0.2) is 21.8 Å². The van der Waals surface area contributed by atoms with Gasteiger partial charge in [-0.1, -0.05) is 0 Å². The molecular weight excluding hydrogens is 196 g/mol. The summed E-state index contributed by atoms with van der Waals surface area (Å²) in [6, 6.07) is 2.31. The van der Waals surface area contributed by atoms with Crippen molar-refractivity contribution < 1.29 is 4.21 Å². The Morgan fingerprint density at radius 3 is 2.71 bits per heavy atom. The molecule has 0 heterocycles. The Kier molecular flexibility index (Phi) is 4.09. The molecule has 4 heteroatoms. The normalized spacial score (nSPS) is 22.4. The molecule has 2 unspecified atom stereocenters. The van der Waals surface area contributed by atoms with Crippen LogP contribution in [0.4, 0.5) is 0 Å². The zero-order chi connectivity index (χ0) is 10.6. The average molecular weight is 214 g/mol. The number of nitrogens with two attached hydrogens (primary N) is 1. The summed E-state index contributed by atoms with van der Waals surface area (Å²) in [6.45, 7) is 1.93. The van der Waals surface area contributed by atoms with Gasteiger partial charge in [-0.2, -0.15) is 5.26 Å². The Bertz CT molecular complexity index is 253. The second-order valence-electron chi connectivity index (χ2n) is 4.39. The summed E-state index contributed by atoms with van der Waals surface area (Å²) in [5.41, 5.74) is 5.70. The van der Waals surface area contributed by atoms with Gasteiger partial charge in [0, 0.05) is 34.8 Å². The van der Waals surface area contributed by atoms with Gasteiger partial charge in [0.2, 0.25) is 0 Å². The van der Waals surface area contributed by atoms with Crippen molar-refractivity contribution in [3.63, 3.8) is 0 Å². The highest BCUT2D eigenvalue weighted by Gasteiger charge is 2.43. The minimum absolute atomic E-state index is 0.109. The SMILES string of the molecule is CC(N)CCS(=O)CC1(CC#N)CC1. The first-order chi connectivity index (χ1) is 6.58. The highest BCUT2D eigenvalue weighted by Crippen LogP contribution is 2.49. The summed E-state index contributed by atoms with van der Waals surface area (Å²) < 4.78 is 11.6. The predicted octanol–water partition coefficient (Wildman–Crippen LogP) is 1.17. The van der Waals surface area contributed by atoms with Crippen LogP contribution in [0.3, 0.4) is 0 Å². The molecule has 1 aliphatic carbocycles. The number of nitrogens with zero attached hydrogens (tertiary/aromatic N) is 1. The average Bonchev–Trinajstić information content (AvgIpc) is 2.82. The molecule has 0 aliphatic heterocycles. The third-order valence-electron chi connectivity index (χ3n) is 2.68. The van der Waals surface area contributed by atoms with E-state index in [0.717, 1.165) is 19.3 Å². The zero-order valence-electron chi connectivity index (χ0n) is 8.66. The highest BCUT2D eigenvalue weighted by molar-refractivity contribution is 7.85. The third kappa shape index (κ3) is 3.77. The lowest BCUT2D eigenvalue weighted by Crippen LogP contribution is -2.21. The van der Waals surface area contributed by atoms with Gasteiger partial charge in [0.05, 0.1) is 6.07 Å². The Hall–Kier alpha value is -0.400. The second-order valence-corrected chi connectivity index (χ2v) is 5.97. The summed E-state index contributed by atoms with van der Waals surface area (Å²) >= 11 is 0. The van der Waals surface area contributed by atoms with Gasteiger partial charge >= 0.3 is 0 Å². The van der Waals surface area contributed by atoms with Crippen molar-refractivity contribution in [3.05, 3.63) is 0 Å². The van der Waals surface area contributed by atoms with Crippen LogP contribution in [-0.2, 0) is 10.8 Å². The number of hydrogen-bond donors (Lipinski definition) is 1. The molecule has 0 radical (unpaired) electrons. The Balaban J connectivity index is 2.24. The molecule has 0 saturated heterocycles. The van der Waals surface area contributed by atoms with Crippen molar-refractivity contribution >= 4 is 10.8 Å². The first kappa shape index (κ1) is 11.7. The smallest absolute Gasteiger partial charge is 0.0627 e. The van der Waals surface area contributed by atoms with E-state index in [0.29, 0.717) is 17.9 Å². The molecule has 0 bridgehead atoms. The third-order valence-corrected chi connectivity index (χ3v) is 4.30. The summed E-state index contributed by atoms with van der Waals surface area (Å²) in [4.78, 5) is 0. The number of rotatable bonds is 6. The lowest BCUT2D eigenvalue weighted by molar-refractivity contribution is 0.584. The van der Waals surface area contributed by atoms with E-state index in [1.54, 1.807) is 0 Å². The van der Waals surface area contributed by atoms with Crippen LogP contribution in [0.25, 0.3) is 0 Å². The maximum atomic E-state index is 11.6. The van der Waals surface area contributed by atoms with Crippen LogP contribution in [0.2, 0.25) is 0 Å². The van der Waals surface area contributed by atoms with Crippen molar-refractivity contribution in [1.82, 2.24) is 0 Å². The molecular formula is C10H18N2OS. The molecule has 0 aromatic carbocycles. The van der Waals surface area contributed by atoms with Crippen molar-refractivity contribution in [2.45, 2.75) is 38.6 Å². The van der Waals surface area contributed by atoms with Gasteiger partial charge in [0.25, 0.3) is 0 Å². The van der Waals surface area contributed by atoms with Crippen molar-refractivity contribution in [1.29, 1.82) is 5.26 Å². The fourth-order valence-electron chi connectivity index (χ4n) is 1.45. The van der Waals surface area contributed by atoms with E-state index in [1.807, 2.05) is 6.92 Å². The fraction of sp³-hybridized carbons (Fsp3) is 0.900. The lowest BCUT2D eigenvalue weighted by atomic mass is 10.1. The van der Waals surface area contributed by atoms with E-state index in [9.17, 15) is 4.21 Å². The van der Waals surface area contributed by atoms with E-state index in [1.165, 1.54) is 0 Å². The monoisotopic (exact) mass is 214 g/mol. The molecule has 2 N–H and O–H groups in total. The van der Waals surface area contributed by atoms with Crippen LogP contribution in [0.15, 0.2) is 0 Å². The number of nitriles is 1. The molecule has 2 atom stereocenters. The molecule has 1 saturated carbocycles. The summed E-state index contributed by atoms with van der Waals surface area (Å²) in [5, 5.41) is 8.60. The van der Waals surface area contributed by atoms with Gasteiger partial charge in [-0.25, -0.2) is 0 Å². The Labute approximate surface area is 88.1 Å². The minimum Gasteiger partial charge on any atom is -0.328 e. The highest BCUT2D eigenvalue weighted by atomic mass is 32.2. The molecule has 0 aromatic rings. The molecule has 14 heavy (non-hydrogen) atoms. The Morgan fingerprint density at radius 2 is 2.29 bits per heavy atom. The Morgan fingerprint density at radius 1 is 1.64 bits per heavy atom. The van der Waals surface area contributed by atoms with Crippen molar-refractivity contribution in [2.24, 2.45) is 11.1 Å². The molecule has 1 rings (SSSR count). The van der Waals surface area contributed by atoms with E-state index in [-0.39, 0.29) is 11.5 Å². The van der Waals surface area contributed by atoms with Gasteiger partial charge < -0.3 is 5.73 Å². The topological polar surface area (TPSA) is 66.9 Å². The molecule has 3 nitrogen and oxygen atoms in total. The fourth-order valence-corrected chi connectivity index (χ4v) is 3.30. The molecule has 80 valence electrons. The van der Waals surface area contributed by atoms with Crippen LogP contribution in [0.1, 0.15) is 32.6 Å². The zero-order valence-corrected chi connectivity index (χ0v) is 9.48. The molecule has 0 aromatic heterocycles. The van der Waals surface area contributed by atoms with Gasteiger partial charge in [0.1, 0.15) is 0 Å². The van der Waals surface area contributed by atoms with E-state index < -0.39 is 10.8 Å². The maximum absolute atomic E-state index is 11.6. The van der Waals surface area contributed by atoms with E-state index >= 15 is 0 Å². The van der Waals surface area contributed by atoms with Gasteiger partial charge in [-0.05, 0) is 31.6 Å². The van der Waals surface area contributed by atoms with Crippen LogP contribution >= 0.6 is 0 Å². The molecule has 1 fully saturated rings. The first-order valence-electron chi connectivity index (χ1n) is 5.05. The van der Waals surface area contributed by atoms with Gasteiger partial charge in [-0.15, -0.1) is 0 Å². The lowest BCUT2D eigenvalue weighted by Gasteiger charge is -2.10. The standard InChI is InChI=1S/C10H18N2OS/c1-9(12)2-7-14(13)8-10(3-4-10)5-6-11/h9H,2-5,7-8,12H2,1H3. The summed E-state index contributed by atoms with van der Waals surface area (Å²) in [7, 11) is -0.780. The summed E-state index contributed by atoms with van der Waals surface area (Å²) in [5.74, 6) is 1.39. The van der Waals surface area contributed by atoms with Crippen LogP contribution in [0, 0.1) is 16.7 Å². The molecule has 0 spiro atoms. The van der Waals surface area contributed by atoms with Gasteiger partial charge in [0.15, 0.2) is 0 Å². The van der Waals surface area contributed by atoms with Crippen molar-refractivity contribution in [3.8, 4) is 6.07 Å². The van der Waals surface area contributed by atoms with E-state index in [2.05, 4.69) is 6.07 Å². The van der Waals surface area contributed by atoms with Gasteiger partial charge in [-0.3, -0.25) is 4.21 Å². The largest absolute Gasteiger partial charge is 0.328 e. The molecule has 1 aliphatic rings. The van der Waals surface area contributed by atoms with Crippen molar-refractivity contribution in [2.75, 3.05) is 11.5 Å². The predicted molar refractivity (Wildman–Crippen MR) is 58.0 cm³/mol. The van der Waals surface area contributed by atoms with Crippen LogP contribution in [0.5, 0.6) is 0 Å². The summed E-state index contributed by atoms with van der Waals surface area (Å²) in [6.07, 6.45) is 3.53. The first-order valence-corrected chi connectivity index (χ1v) is 6.54. The minimum atomic E-state index is -0.780. The van der Waals surface area contributed by atoms with E-state index in [4.69, 9.17) is 11.0 Å². The quantitative estimate of drug-likeness (QED) is 0.721.